The summed E-state index contributed by atoms with van der Waals surface area (Å²) in [4.78, 5) is 7.75. The SMILES string of the molecule is CN=C(NCc1ccnc(OCC(F)(F)F)c1)NCc1cc(OC)ccc1OC(F)F. The van der Waals surface area contributed by atoms with Crippen molar-refractivity contribution in [3.8, 4) is 17.4 Å². The average Bonchev–Trinajstić information content (AvgIpc) is 2.72. The molecule has 0 aliphatic rings. The van der Waals surface area contributed by atoms with E-state index in [4.69, 9.17) is 4.74 Å². The smallest absolute Gasteiger partial charge is 0.422 e. The molecule has 0 saturated heterocycles. The van der Waals surface area contributed by atoms with Crippen molar-refractivity contribution in [2.75, 3.05) is 20.8 Å². The van der Waals surface area contributed by atoms with Crippen LogP contribution in [0.15, 0.2) is 41.5 Å². The summed E-state index contributed by atoms with van der Waals surface area (Å²) in [6.07, 6.45) is -3.14. The van der Waals surface area contributed by atoms with Crippen LogP contribution in [0.25, 0.3) is 0 Å². The number of hydrogen-bond acceptors (Lipinski definition) is 5. The molecule has 0 spiro atoms. The Hall–Kier alpha value is -3.31. The number of guanidine groups is 1. The molecule has 0 amide bonds. The lowest BCUT2D eigenvalue weighted by atomic mass is 10.2. The summed E-state index contributed by atoms with van der Waals surface area (Å²) < 4.78 is 76.3. The number of alkyl halides is 5. The van der Waals surface area contributed by atoms with E-state index >= 15 is 0 Å². The van der Waals surface area contributed by atoms with Gasteiger partial charge in [0.25, 0.3) is 0 Å². The van der Waals surface area contributed by atoms with Gasteiger partial charge in [0.15, 0.2) is 12.6 Å². The average molecular weight is 448 g/mol. The second-order valence-electron chi connectivity index (χ2n) is 6.04. The lowest BCUT2D eigenvalue weighted by molar-refractivity contribution is -0.154. The molecule has 0 atom stereocenters. The molecule has 0 bridgehead atoms. The number of hydrogen-bond donors (Lipinski definition) is 2. The second-order valence-corrected chi connectivity index (χ2v) is 6.04. The number of rotatable bonds is 9. The monoisotopic (exact) mass is 448 g/mol. The lowest BCUT2D eigenvalue weighted by Gasteiger charge is -2.15. The van der Waals surface area contributed by atoms with Crippen molar-refractivity contribution in [3.63, 3.8) is 0 Å². The van der Waals surface area contributed by atoms with Crippen LogP contribution in [0.1, 0.15) is 11.1 Å². The van der Waals surface area contributed by atoms with E-state index in [1.165, 1.54) is 38.6 Å². The molecule has 2 aromatic rings. The standard InChI is InChI=1S/C19H21F5N4O3/c1-25-18(27-9-12-5-6-26-16(7-12)30-11-19(22,23)24)28-10-13-8-14(29-2)3-4-15(13)31-17(20)21/h3-8,17H,9-11H2,1-2H3,(H2,25,27,28). The summed E-state index contributed by atoms with van der Waals surface area (Å²) in [6, 6.07) is 7.37. The Morgan fingerprint density at radius 2 is 1.87 bits per heavy atom. The van der Waals surface area contributed by atoms with Crippen LogP contribution in [0.4, 0.5) is 22.0 Å². The Balaban J connectivity index is 1.97. The topological polar surface area (TPSA) is 77.0 Å². The molecular formula is C19H21F5N4O3. The summed E-state index contributed by atoms with van der Waals surface area (Å²) in [5.41, 5.74) is 1.01. The molecule has 0 saturated carbocycles. The molecule has 1 aromatic carbocycles. The molecule has 31 heavy (non-hydrogen) atoms. The first kappa shape index (κ1) is 24.0. The highest BCUT2D eigenvalue weighted by molar-refractivity contribution is 5.79. The van der Waals surface area contributed by atoms with Gasteiger partial charge in [0.1, 0.15) is 11.5 Å². The quantitative estimate of drug-likeness (QED) is 0.348. The summed E-state index contributed by atoms with van der Waals surface area (Å²) in [6.45, 7) is -4.13. The van der Waals surface area contributed by atoms with Crippen molar-refractivity contribution in [1.82, 2.24) is 15.6 Å². The summed E-state index contributed by atoms with van der Waals surface area (Å²) in [5, 5.41) is 5.90. The highest BCUT2D eigenvalue weighted by atomic mass is 19.4. The minimum atomic E-state index is -4.46. The molecule has 12 heteroatoms. The van der Waals surface area contributed by atoms with E-state index < -0.39 is 19.4 Å². The van der Waals surface area contributed by atoms with Crippen LogP contribution in [0.3, 0.4) is 0 Å². The largest absolute Gasteiger partial charge is 0.497 e. The van der Waals surface area contributed by atoms with Crippen molar-refractivity contribution in [3.05, 3.63) is 47.7 Å². The fourth-order valence-corrected chi connectivity index (χ4v) is 2.41. The van der Waals surface area contributed by atoms with Crippen LogP contribution in [-0.4, -0.2) is 44.5 Å². The van der Waals surface area contributed by atoms with Crippen LogP contribution in [0.2, 0.25) is 0 Å². The number of nitrogens with zero attached hydrogens (tertiary/aromatic N) is 2. The van der Waals surface area contributed by atoms with Crippen LogP contribution < -0.4 is 24.8 Å². The van der Waals surface area contributed by atoms with Gasteiger partial charge in [0.05, 0.1) is 7.11 Å². The number of pyridine rings is 1. The Kier molecular flexibility index (Phi) is 8.64. The number of halogens is 5. The molecule has 0 fully saturated rings. The van der Waals surface area contributed by atoms with E-state index in [0.717, 1.165) is 0 Å². The molecule has 1 heterocycles. The molecule has 7 nitrogen and oxygen atoms in total. The van der Waals surface area contributed by atoms with E-state index in [2.05, 4.69) is 30.1 Å². The third-order valence-electron chi connectivity index (χ3n) is 3.80. The van der Waals surface area contributed by atoms with Crippen LogP contribution in [-0.2, 0) is 13.1 Å². The molecule has 0 aliphatic carbocycles. The van der Waals surface area contributed by atoms with Gasteiger partial charge in [-0.25, -0.2) is 4.98 Å². The van der Waals surface area contributed by atoms with Gasteiger partial charge in [0.2, 0.25) is 5.88 Å². The number of nitrogens with one attached hydrogen (secondary N) is 2. The Morgan fingerprint density at radius 1 is 1.13 bits per heavy atom. The number of aromatic nitrogens is 1. The van der Waals surface area contributed by atoms with Crippen molar-refractivity contribution >= 4 is 5.96 Å². The minimum Gasteiger partial charge on any atom is -0.497 e. The Bertz CT molecular complexity index is 878. The second kappa shape index (κ2) is 11.2. The molecular weight excluding hydrogens is 427 g/mol. The molecule has 2 rings (SSSR count). The van der Waals surface area contributed by atoms with Gasteiger partial charge in [-0.2, -0.15) is 22.0 Å². The first-order valence-corrected chi connectivity index (χ1v) is 8.91. The van der Waals surface area contributed by atoms with Gasteiger partial charge in [-0.3, -0.25) is 4.99 Å². The van der Waals surface area contributed by atoms with Crippen LogP contribution in [0, 0.1) is 0 Å². The number of ether oxygens (including phenoxy) is 3. The van der Waals surface area contributed by atoms with Crippen molar-refractivity contribution in [2.45, 2.75) is 25.9 Å². The van der Waals surface area contributed by atoms with Gasteiger partial charge in [-0.15, -0.1) is 0 Å². The molecule has 170 valence electrons. The summed E-state index contributed by atoms with van der Waals surface area (Å²) in [5.74, 6) is 0.606. The van der Waals surface area contributed by atoms with Crippen molar-refractivity contribution in [1.29, 1.82) is 0 Å². The predicted molar refractivity (Wildman–Crippen MR) is 102 cm³/mol. The maximum absolute atomic E-state index is 12.6. The van der Waals surface area contributed by atoms with Gasteiger partial charge in [0, 0.05) is 38.0 Å². The summed E-state index contributed by atoms with van der Waals surface area (Å²) in [7, 11) is 2.95. The third-order valence-corrected chi connectivity index (χ3v) is 3.80. The Labute approximate surface area is 175 Å². The first-order chi connectivity index (χ1) is 14.7. The zero-order valence-electron chi connectivity index (χ0n) is 16.7. The zero-order valence-corrected chi connectivity index (χ0v) is 16.7. The third kappa shape index (κ3) is 8.52. The fourth-order valence-electron chi connectivity index (χ4n) is 2.41. The van der Waals surface area contributed by atoms with Gasteiger partial charge in [-0.1, -0.05) is 0 Å². The van der Waals surface area contributed by atoms with Crippen LogP contribution >= 0.6 is 0 Å². The first-order valence-electron chi connectivity index (χ1n) is 8.91. The number of benzene rings is 1. The summed E-state index contributed by atoms with van der Waals surface area (Å²) >= 11 is 0. The van der Waals surface area contributed by atoms with E-state index in [1.807, 2.05) is 0 Å². The maximum Gasteiger partial charge on any atom is 0.422 e. The predicted octanol–water partition coefficient (Wildman–Crippen LogP) is 3.50. The van der Waals surface area contributed by atoms with E-state index in [-0.39, 0.29) is 24.7 Å². The maximum atomic E-state index is 12.6. The number of aliphatic imine (C=N–C) groups is 1. The highest BCUT2D eigenvalue weighted by Gasteiger charge is 2.28. The Morgan fingerprint density at radius 3 is 2.52 bits per heavy atom. The molecule has 0 radical (unpaired) electrons. The van der Waals surface area contributed by atoms with E-state index in [1.54, 1.807) is 12.1 Å². The van der Waals surface area contributed by atoms with Gasteiger partial charge >= 0.3 is 12.8 Å². The molecule has 0 unspecified atom stereocenters. The lowest BCUT2D eigenvalue weighted by Crippen LogP contribution is -2.36. The van der Waals surface area contributed by atoms with Crippen molar-refractivity contribution < 1.29 is 36.2 Å². The van der Waals surface area contributed by atoms with E-state index in [9.17, 15) is 22.0 Å². The highest BCUT2D eigenvalue weighted by Crippen LogP contribution is 2.25. The van der Waals surface area contributed by atoms with Crippen molar-refractivity contribution in [2.24, 2.45) is 4.99 Å². The molecule has 2 N–H and O–H groups in total. The minimum absolute atomic E-state index is 0.0145. The van der Waals surface area contributed by atoms with E-state index in [0.29, 0.717) is 22.8 Å². The molecule has 1 aromatic heterocycles. The molecule has 0 aliphatic heterocycles. The van der Waals surface area contributed by atoms with Gasteiger partial charge < -0.3 is 24.8 Å². The number of methoxy groups -OCH3 is 1. The zero-order chi connectivity index (χ0) is 22.9. The van der Waals surface area contributed by atoms with Gasteiger partial charge in [-0.05, 0) is 29.8 Å². The normalized spacial score (nSPS) is 11.9. The fraction of sp³-hybridized carbons (Fsp3) is 0.368. The van der Waals surface area contributed by atoms with Crippen LogP contribution in [0.5, 0.6) is 17.4 Å².